The van der Waals surface area contributed by atoms with E-state index in [2.05, 4.69) is 31.3 Å². The lowest BCUT2D eigenvalue weighted by Gasteiger charge is -2.10. The summed E-state index contributed by atoms with van der Waals surface area (Å²) in [5, 5.41) is 7.14. The van der Waals surface area contributed by atoms with Gasteiger partial charge in [-0.2, -0.15) is 0 Å². The Bertz CT molecular complexity index is 1230. The molecule has 1 amide bonds. The van der Waals surface area contributed by atoms with Gasteiger partial charge in [-0.25, -0.2) is 14.1 Å². The van der Waals surface area contributed by atoms with Gasteiger partial charge in [-0.3, -0.25) is 4.79 Å². The van der Waals surface area contributed by atoms with Crippen molar-refractivity contribution in [2.75, 3.05) is 5.32 Å². The Morgan fingerprint density at radius 1 is 1.03 bits per heavy atom. The van der Waals surface area contributed by atoms with E-state index in [9.17, 15) is 9.18 Å². The first-order valence-electron chi connectivity index (χ1n) is 9.28. The van der Waals surface area contributed by atoms with Crippen LogP contribution in [-0.2, 0) is 0 Å². The van der Waals surface area contributed by atoms with Gasteiger partial charge in [0, 0.05) is 15.7 Å². The van der Waals surface area contributed by atoms with Crippen LogP contribution in [0.3, 0.4) is 0 Å². The average molecular weight is 465 g/mol. The Labute approximate surface area is 181 Å². The van der Waals surface area contributed by atoms with Gasteiger partial charge in [-0.05, 0) is 61.4 Å². The molecule has 0 aliphatic carbocycles. The second-order valence-electron chi connectivity index (χ2n) is 6.93. The van der Waals surface area contributed by atoms with E-state index in [1.807, 2.05) is 56.3 Å². The van der Waals surface area contributed by atoms with Crippen molar-refractivity contribution >= 4 is 27.5 Å². The molecule has 1 N–H and O–H groups in total. The molecular weight excluding hydrogens is 447 g/mol. The van der Waals surface area contributed by atoms with Crippen LogP contribution in [0.2, 0.25) is 0 Å². The first-order chi connectivity index (χ1) is 14.4. The summed E-state index contributed by atoms with van der Waals surface area (Å²) in [5.74, 6) is -0.404. The average Bonchev–Trinajstić information content (AvgIpc) is 3.16. The molecule has 0 bridgehead atoms. The molecule has 4 rings (SSSR count). The van der Waals surface area contributed by atoms with Gasteiger partial charge in [0.2, 0.25) is 5.82 Å². The summed E-state index contributed by atoms with van der Waals surface area (Å²) in [7, 11) is 0. The van der Waals surface area contributed by atoms with Crippen LogP contribution in [0.15, 0.2) is 71.2 Å². The number of aryl methyl sites for hydroxylation is 2. The molecule has 0 unspecified atom stereocenters. The van der Waals surface area contributed by atoms with E-state index in [-0.39, 0.29) is 5.82 Å². The minimum atomic E-state index is -0.511. The summed E-state index contributed by atoms with van der Waals surface area (Å²) < 4.78 is 16.1. The second-order valence-corrected chi connectivity index (χ2v) is 7.85. The van der Waals surface area contributed by atoms with E-state index in [0.29, 0.717) is 11.5 Å². The molecule has 0 saturated carbocycles. The monoisotopic (exact) mass is 464 g/mol. The first kappa shape index (κ1) is 20.0. The minimum absolute atomic E-state index is 0.00177. The molecule has 1 heterocycles. The summed E-state index contributed by atoms with van der Waals surface area (Å²) in [6.45, 7) is 3.98. The zero-order chi connectivity index (χ0) is 21.3. The number of hydrogen-bond donors (Lipinski definition) is 1. The summed E-state index contributed by atoms with van der Waals surface area (Å²) >= 11 is 3.44. The maximum absolute atomic E-state index is 13.5. The lowest BCUT2D eigenvalue weighted by Crippen LogP contribution is -2.14. The van der Waals surface area contributed by atoms with Crippen molar-refractivity contribution in [1.82, 2.24) is 14.8 Å². The number of carbonyl (C=O) groups excluding carboxylic acids is 1. The van der Waals surface area contributed by atoms with Crippen LogP contribution < -0.4 is 5.32 Å². The molecule has 0 aliphatic heterocycles. The Morgan fingerprint density at radius 3 is 2.53 bits per heavy atom. The Morgan fingerprint density at radius 2 is 1.80 bits per heavy atom. The smallest absolute Gasteiger partial charge is 0.295 e. The number of amides is 1. The molecule has 0 radical (unpaired) electrons. The van der Waals surface area contributed by atoms with Gasteiger partial charge in [0.25, 0.3) is 5.91 Å². The number of benzene rings is 3. The van der Waals surface area contributed by atoms with Crippen LogP contribution in [0.5, 0.6) is 0 Å². The third-order valence-electron chi connectivity index (χ3n) is 4.59. The molecule has 0 atom stereocenters. The third-order valence-corrected chi connectivity index (χ3v) is 5.12. The number of aromatic nitrogens is 3. The normalized spacial score (nSPS) is 10.8. The highest BCUT2D eigenvalue weighted by atomic mass is 79.9. The molecule has 0 aliphatic rings. The lowest BCUT2D eigenvalue weighted by atomic mass is 10.1. The van der Waals surface area contributed by atoms with E-state index < -0.39 is 11.7 Å². The van der Waals surface area contributed by atoms with Crippen molar-refractivity contribution in [1.29, 1.82) is 0 Å². The van der Waals surface area contributed by atoms with Crippen molar-refractivity contribution in [2.24, 2.45) is 0 Å². The predicted molar refractivity (Wildman–Crippen MR) is 118 cm³/mol. The number of halogens is 2. The maximum Gasteiger partial charge on any atom is 0.295 e. The Balaban J connectivity index is 1.80. The highest BCUT2D eigenvalue weighted by molar-refractivity contribution is 9.10. The molecule has 0 spiro atoms. The number of anilines is 1. The van der Waals surface area contributed by atoms with Crippen LogP contribution in [0.1, 0.15) is 21.7 Å². The number of nitrogens with one attached hydrogen (secondary N) is 1. The van der Waals surface area contributed by atoms with Crippen LogP contribution in [0.4, 0.5) is 10.1 Å². The lowest BCUT2D eigenvalue weighted by molar-refractivity contribution is 0.101. The first-order valence-corrected chi connectivity index (χ1v) is 10.1. The molecule has 0 fully saturated rings. The Hall–Kier alpha value is -3.32. The van der Waals surface area contributed by atoms with Crippen LogP contribution in [0.25, 0.3) is 17.1 Å². The Kier molecular flexibility index (Phi) is 5.46. The van der Waals surface area contributed by atoms with Crippen LogP contribution in [0, 0.1) is 19.7 Å². The molecular formula is C23H18BrFN4O. The van der Waals surface area contributed by atoms with E-state index in [0.717, 1.165) is 26.9 Å². The second kappa shape index (κ2) is 8.20. The number of nitrogens with zero attached hydrogens (tertiary/aromatic N) is 3. The van der Waals surface area contributed by atoms with Gasteiger partial charge >= 0.3 is 0 Å². The number of rotatable bonds is 4. The maximum atomic E-state index is 13.5. The molecule has 3 aromatic carbocycles. The third kappa shape index (κ3) is 4.16. The topological polar surface area (TPSA) is 59.8 Å². The zero-order valence-electron chi connectivity index (χ0n) is 16.4. The van der Waals surface area contributed by atoms with E-state index in [4.69, 9.17) is 0 Å². The van der Waals surface area contributed by atoms with E-state index >= 15 is 0 Å². The SMILES string of the molecule is Cc1ccc(C)c(-n2nc(C(=O)Nc3cccc(F)c3)nc2-c2ccc(Br)cc2)c1. The van der Waals surface area contributed by atoms with Gasteiger partial charge < -0.3 is 5.32 Å². The standard InChI is InChI=1S/C23H18BrFN4O/c1-14-6-7-15(2)20(12-14)29-22(16-8-10-17(24)11-9-16)27-21(28-29)23(30)26-19-5-3-4-18(25)13-19/h3-13H,1-2H3,(H,26,30). The van der Waals surface area contributed by atoms with Crippen molar-refractivity contribution in [3.63, 3.8) is 0 Å². The fourth-order valence-electron chi connectivity index (χ4n) is 3.06. The molecule has 7 heteroatoms. The van der Waals surface area contributed by atoms with Crippen LogP contribution >= 0.6 is 15.9 Å². The van der Waals surface area contributed by atoms with Gasteiger partial charge in [-0.15, -0.1) is 5.10 Å². The minimum Gasteiger partial charge on any atom is -0.319 e. The number of hydrogen-bond acceptors (Lipinski definition) is 3. The van der Waals surface area contributed by atoms with Crippen LogP contribution in [-0.4, -0.2) is 20.7 Å². The molecule has 30 heavy (non-hydrogen) atoms. The summed E-state index contributed by atoms with van der Waals surface area (Å²) in [4.78, 5) is 17.3. The quantitative estimate of drug-likeness (QED) is 0.420. The van der Waals surface area contributed by atoms with Gasteiger partial charge in [0.05, 0.1) is 5.69 Å². The van der Waals surface area contributed by atoms with Gasteiger partial charge in [0.1, 0.15) is 5.82 Å². The highest BCUT2D eigenvalue weighted by Crippen LogP contribution is 2.25. The van der Waals surface area contributed by atoms with E-state index in [1.165, 1.54) is 18.2 Å². The zero-order valence-corrected chi connectivity index (χ0v) is 17.9. The fourth-order valence-corrected chi connectivity index (χ4v) is 3.33. The molecule has 0 saturated heterocycles. The summed E-state index contributed by atoms with van der Waals surface area (Å²) in [5.41, 5.74) is 4.06. The molecule has 4 aromatic rings. The fraction of sp³-hybridized carbons (Fsp3) is 0.0870. The number of carbonyl (C=O) groups is 1. The van der Waals surface area contributed by atoms with Crippen molar-refractivity contribution in [3.05, 3.63) is 94.0 Å². The van der Waals surface area contributed by atoms with E-state index in [1.54, 1.807) is 10.7 Å². The predicted octanol–water partition coefficient (Wildman–Crippen LogP) is 5.71. The highest BCUT2D eigenvalue weighted by Gasteiger charge is 2.20. The summed E-state index contributed by atoms with van der Waals surface area (Å²) in [6.07, 6.45) is 0. The van der Waals surface area contributed by atoms with Crippen molar-refractivity contribution in [2.45, 2.75) is 13.8 Å². The van der Waals surface area contributed by atoms with Gasteiger partial charge in [0.15, 0.2) is 5.82 Å². The largest absolute Gasteiger partial charge is 0.319 e. The molecule has 1 aromatic heterocycles. The van der Waals surface area contributed by atoms with Gasteiger partial charge in [-0.1, -0.05) is 46.3 Å². The molecule has 5 nitrogen and oxygen atoms in total. The summed E-state index contributed by atoms with van der Waals surface area (Å²) in [6, 6.07) is 19.3. The molecule has 150 valence electrons. The van der Waals surface area contributed by atoms with Crippen molar-refractivity contribution < 1.29 is 9.18 Å². The van der Waals surface area contributed by atoms with Crippen molar-refractivity contribution in [3.8, 4) is 17.1 Å².